The Kier molecular flexibility index (Phi) is 14.1. The predicted octanol–water partition coefficient (Wildman–Crippen LogP) is 6.78. The third-order valence-corrected chi connectivity index (χ3v) is 13.4. The zero-order chi connectivity index (χ0) is 43.3. The first kappa shape index (κ1) is 45.4. The number of hydrogen-bond acceptors (Lipinski definition) is 8. The van der Waals surface area contributed by atoms with E-state index in [9.17, 15) is 40.3 Å². The fraction of sp³-hybridized carbons (Fsp3) is 0.455. The molecule has 0 bridgehead atoms. The van der Waals surface area contributed by atoms with E-state index in [0.29, 0.717) is 25.9 Å². The van der Waals surface area contributed by atoms with Crippen LogP contribution in [0.2, 0.25) is 0 Å². The molecular formula is C44H57N4O9S2+. The molecule has 2 aromatic carbocycles. The highest BCUT2D eigenvalue weighted by molar-refractivity contribution is 7.86. The van der Waals surface area contributed by atoms with Crippen LogP contribution in [0.4, 0.5) is 11.4 Å². The summed E-state index contributed by atoms with van der Waals surface area (Å²) < 4.78 is 70.4. The van der Waals surface area contributed by atoms with Crippen LogP contribution in [0.3, 0.4) is 0 Å². The number of nitrogens with one attached hydrogen (secondary N) is 1. The Labute approximate surface area is 348 Å². The number of carbonyl (C=O) groups excluding carboxylic acids is 3. The molecule has 0 aromatic heterocycles. The standard InChI is InChI=1S/C44H56N4O9S2/c1-7-23-43(5)34-29-32(58(52,53)54)19-21-36(34)46(9-3)38(43)16-13-11-10-12-14-17-39-44(6,35-30-33(59(55,56)57)20-22-37(35)47(39)26-8-2)24-15-18-40(49)45-25-27-48-41(50)28-31(4)42(48)51/h10-14,16-17,19-22,29-31H,7-9,15,18,23-28H2,1-6H3,(H2-,45,49,52,53,54,55,56,57)/p+1. The first-order valence-electron chi connectivity index (χ1n) is 20.3. The zero-order valence-electron chi connectivity index (χ0n) is 34.8. The summed E-state index contributed by atoms with van der Waals surface area (Å²) in [6.07, 6.45) is 17.3. The first-order chi connectivity index (χ1) is 27.8. The fourth-order valence-electron chi connectivity index (χ4n) is 8.78. The largest absolute Gasteiger partial charge is 0.354 e. The summed E-state index contributed by atoms with van der Waals surface area (Å²) in [5, 5.41) is 2.81. The van der Waals surface area contributed by atoms with Gasteiger partial charge in [0.25, 0.3) is 20.2 Å². The minimum absolute atomic E-state index is 0.121. The molecule has 3 unspecified atom stereocenters. The molecule has 3 aliphatic rings. The smallest absolute Gasteiger partial charge is 0.294 e. The number of imide groups is 1. The van der Waals surface area contributed by atoms with Crippen LogP contribution in [0, 0.1) is 5.92 Å². The highest BCUT2D eigenvalue weighted by atomic mass is 32.2. The maximum Gasteiger partial charge on any atom is 0.294 e. The van der Waals surface area contributed by atoms with Crippen molar-refractivity contribution in [3.05, 3.63) is 95.8 Å². The number of nitrogens with zero attached hydrogens (tertiary/aromatic N) is 3. The Morgan fingerprint density at radius 3 is 2.12 bits per heavy atom. The molecule has 3 N–H and O–H groups in total. The Balaban J connectivity index is 1.36. The normalized spacial score (nSPS) is 22.9. The number of benzene rings is 2. The minimum atomic E-state index is -4.48. The van der Waals surface area contributed by atoms with E-state index in [1.165, 1.54) is 23.1 Å². The number of likely N-dealkylation sites (tertiary alicyclic amines) is 1. The summed E-state index contributed by atoms with van der Waals surface area (Å²) in [5.41, 5.74) is 4.08. The summed E-state index contributed by atoms with van der Waals surface area (Å²) in [6, 6.07) is 9.39. The SMILES string of the molecule is CCC[N+]1=C(C=CC=CC=CC=C2N(CC)c3ccc(S(=O)(=O)O)cc3C2(C)CCC)C(C)(CCCC(=O)NCCN2C(=O)CC(C)C2=O)c2cc(S(=O)(=O)O)ccc21. The monoisotopic (exact) mass is 849 g/mol. The molecule has 3 aliphatic heterocycles. The van der Waals surface area contributed by atoms with Gasteiger partial charge in [0.1, 0.15) is 6.54 Å². The van der Waals surface area contributed by atoms with Crippen LogP contribution in [-0.4, -0.2) is 85.0 Å². The summed E-state index contributed by atoms with van der Waals surface area (Å²) in [7, 11) is -8.85. The first-order valence-corrected chi connectivity index (χ1v) is 23.2. The maximum atomic E-state index is 12.9. The molecule has 3 atom stereocenters. The van der Waals surface area contributed by atoms with E-state index in [2.05, 4.69) is 35.6 Å². The molecule has 0 spiro atoms. The molecule has 3 heterocycles. The Morgan fingerprint density at radius 2 is 1.51 bits per heavy atom. The van der Waals surface area contributed by atoms with Crippen molar-refractivity contribution in [3.63, 3.8) is 0 Å². The van der Waals surface area contributed by atoms with Gasteiger partial charge >= 0.3 is 0 Å². The van der Waals surface area contributed by atoms with Crippen molar-refractivity contribution in [2.45, 2.75) is 107 Å². The fourth-order valence-corrected chi connectivity index (χ4v) is 9.80. The van der Waals surface area contributed by atoms with E-state index in [-0.39, 0.29) is 59.4 Å². The molecule has 2 aromatic rings. The van der Waals surface area contributed by atoms with E-state index < -0.39 is 31.1 Å². The lowest BCUT2D eigenvalue weighted by molar-refractivity contribution is -0.437. The Morgan fingerprint density at radius 1 is 0.864 bits per heavy atom. The highest BCUT2D eigenvalue weighted by Crippen LogP contribution is 2.51. The lowest BCUT2D eigenvalue weighted by Gasteiger charge is -2.29. The second-order valence-electron chi connectivity index (χ2n) is 15.9. The molecule has 0 radical (unpaired) electrons. The van der Waals surface area contributed by atoms with Crippen molar-refractivity contribution in [1.29, 1.82) is 0 Å². The maximum absolute atomic E-state index is 12.9. The van der Waals surface area contributed by atoms with Gasteiger partial charge in [-0.05, 0) is 82.0 Å². The number of amides is 3. The Bertz CT molecular complexity index is 2360. The van der Waals surface area contributed by atoms with Gasteiger partial charge in [-0.15, -0.1) is 0 Å². The van der Waals surface area contributed by atoms with Crippen molar-refractivity contribution in [2.24, 2.45) is 5.92 Å². The summed E-state index contributed by atoms with van der Waals surface area (Å²) in [4.78, 5) is 40.3. The van der Waals surface area contributed by atoms with E-state index in [0.717, 1.165) is 53.2 Å². The average molecular weight is 850 g/mol. The Hall–Kier alpha value is -4.70. The molecule has 59 heavy (non-hydrogen) atoms. The summed E-state index contributed by atoms with van der Waals surface area (Å²) in [6.45, 7) is 13.6. The molecule has 0 aliphatic carbocycles. The number of fused-ring (bicyclic) bond motifs is 2. The molecule has 0 saturated carbocycles. The van der Waals surface area contributed by atoms with Crippen molar-refractivity contribution < 1.29 is 44.9 Å². The number of allylic oxidation sites excluding steroid dienone is 8. The van der Waals surface area contributed by atoms with Gasteiger partial charge in [0, 0.05) is 79.3 Å². The molecule has 1 saturated heterocycles. The molecule has 13 nitrogen and oxygen atoms in total. The van der Waals surface area contributed by atoms with Crippen molar-refractivity contribution in [1.82, 2.24) is 10.2 Å². The molecule has 5 rings (SSSR count). The van der Waals surface area contributed by atoms with E-state index in [4.69, 9.17) is 0 Å². The van der Waals surface area contributed by atoms with Crippen LogP contribution in [0.1, 0.15) is 97.6 Å². The topological polar surface area (TPSA) is 181 Å². The lowest BCUT2D eigenvalue weighted by atomic mass is 9.75. The van der Waals surface area contributed by atoms with Crippen LogP contribution >= 0.6 is 0 Å². The molecule has 15 heteroatoms. The van der Waals surface area contributed by atoms with Crippen molar-refractivity contribution >= 4 is 55.0 Å². The predicted molar refractivity (Wildman–Crippen MR) is 228 cm³/mol. The number of hydrogen-bond donors (Lipinski definition) is 3. The third kappa shape index (κ3) is 9.53. The number of rotatable bonds is 18. The van der Waals surface area contributed by atoms with E-state index in [1.807, 2.05) is 56.4 Å². The molecule has 3 amide bonds. The van der Waals surface area contributed by atoms with Crippen LogP contribution in [-0.2, 0) is 45.4 Å². The van der Waals surface area contributed by atoms with Crippen LogP contribution < -0.4 is 10.2 Å². The zero-order valence-corrected chi connectivity index (χ0v) is 36.4. The van der Waals surface area contributed by atoms with Gasteiger partial charge < -0.3 is 10.2 Å². The van der Waals surface area contributed by atoms with Crippen molar-refractivity contribution in [2.75, 3.05) is 31.1 Å². The van der Waals surface area contributed by atoms with Gasteiger partial charge in [-0.25, -0.2) is 0 Å². The lowest BCUT2D eigenvalue weighted by Crippen LogP contribution is -2.38. The summed E-state index contributed by atoms with van der Waals surface area (Å²) in [5.74, 6) is -1.04. The van der Waals surface area contributed by atoms with Crippen LogP contribution in [0.15, 0.2) is 94.4 Å². The van der Waals surface area contributed by atoms with Crippen molar-refractivity contribution in [3.8, 4) is 0 Å². The second kappa shape index (κ2) is 18.3. The van der Waals surface area contributed by atoms with Gasteiger partial charge in [-0.2, -0.15) is 21.4 Å². The molecule has 1 fully saturated rings. The van der Waals surface area contributed by atoms with E-state index in [1.54, 1.807) is 25.1 Å². The van der Waals surface area contributed by atoms with Gasteiger partial charge in [-0.1, -0.05) is 57.6 Å². The van der Waals surface area contributed by atoms with Gasteiger partial charge in [0.05, 0.1) is 15.2 Å². The number of likely N-dealkylation sites (N-methyl/N-ethyl adjacent to an activating group) is 1. The van der Waals surface area contributed by atoms with Crippen LogP contribution in [0.25, 0.3) is 0 Å². The van der Waals surface area contributed by atoms with Gasteiger partial charge in [0.15, 0.2) is 5.71 Å². The van der Waals surface area contributed by atoms with E-state index >= 15 is 0 Å². The highest BCUT2D eigenvalue weighted by Gasteiger charge is 2.48. The van der Waals surface area contributed by atoms with Gasteiger partial charge in [0.2, 0.25) is 23.4 Å². The third-order valence-electron chi connectivity index (χ3n) is 11.7. The number of carbonyl (C=O) groups is 3. The average Bonchev–Trinajstić information content (AvgIpc) is 3.66. The molecule has 318 valence electrons. The quantitative estimate of drug-likeness (QED) is 0.0627. The van der Waals surface area contributed by atoms with Gasteiger partial charge in [-0.3, -0.25) is 28.4 Å². The minimum Gasteiger partial charge on any atom is -0.354 e. The molecular weight excluding hydrogens is 793 g/mol. The van der Waals surface area contributed by atoms with Crippen LogP contribution in [0.5, 0.6) is 0 Å². The summed E-state index contributed by atoms with van der Waals surface area (Å²) >= 11 is 0. The number of anilines is 1. The second-order valence-corrected chi connectivity index (χ2v) is 18.7.